The molecule has 0 aromatic heterocycles. The molecule has 6 heteroatoms. The van der Waals surface area contributed by atoms with Crippen LogP contribution in [0.5, 0.6) is 5.75 Å². The number of carbonyl (C=O) groups excluding carboxylic acids is 2. The van der Waals surface area contributed by atoms with Crippen molar-refractivity contribution in [3.63, 3.8) is 0 Å². The summed E-state index contributed by atoms with van der Waals surface area (Å²) in [5.74, 6) is 0.0743. The van der Waals surface area contributed by atoms with Crippen LogP contribution in [0, 0.1) is 0 Å². The number of benzene rings is 2. The molecule has 0 spiro atoms. The second kappa shape index (κ2) is 8.84. The Kier molecular flexibility index (Phi) is 6.54. The summed E-state index contributed by atoms with van der Waals surface area (Å²) in [7, 11) is 0. The average Bonchev–Trinajstić information content (AvgIpc) is 2.60. The summed E-state index contributed by atoms with van der Waals surface area (Å²) in [6.45, 7) is 1.46. The summed E-state index contributed by atoms with van der Waals surface area (Å²) in [4.78, 5) is 23.4. The van der Waals surface area contributed by atoms with Crippen LogP contribution in [0.25, 0.3) is 0 Å². The third-order valence-electron chi connectivity index (χ3n) is 3.68. The molecule has 2 rings (SSSR count). The van der Waals surface area contributed by atoms with Gasteiger partial charge in [-0.25, -0.2) is 4.79 Å². The monoisotopic (exact) mass is 343 g/mol. The molecule has 2 aromatic carbocycles. The van der Waals surface area contributed by atoms with Crippen LogP contribution >= 0.6 is 0 Å². The standard InChI is InChI=1S/C19H21NO5/c1-13(22)14-4-8-16(9-5-14)20-19(24)25-18(3-2-12-21)15-6-10-17(23)11-7-15/h4-11,18,21,23H,2-3,12H2,1H3,(H,20,24)/t18-/m0/s1. The van der Waals surface area contributed by atoms with Gasteiger partial charge < -0.3 is 14.9 Å². The molecule has 132 valence electrons. The van der Waals surface area contributed by atoms with Crippen LogP contribution in [0.4, 0.5) is 10.5 Å². The zero-order chi connectivity index (χ0) is 18.2. The summed E-state index contributed by atoms with van der Waals surface area (Å²) in [6, 6.07) is 12.9. The predicted molar refractivity (Wildman–Crippen MR) is 93.7 cm³/mol. The molecule has 0 fully saturated rings. The maximum absolute atomic E-state index is 12.1. The number of ketones is 1. The first-order valence-corrected chi connectivity index (χ1v) is 7.98. The van der Waals surface area contributed by atoms with E-state index in [9.17, 15) is 14.7 Å². The van der Waals surface area contributed by atoms with Gasteiger partial charge in [0.15, 0.2) is 5.78 Å². The highest BCUT2D eigenvalue weighted by atomic mass is 16.6. The minimum atomic E-state index is -0.633. The van der Waals surface area contributed by atoms with Crippen LogP contribution in [0.15, 0.2) is 48.5 Å². The predicted octanol–water partition coefficient (Wildman–Crippen LogP) is 3.66. The van der Waals surface area contributed by atoms with E-state index < -0.39 is 12.2 Å². The Balaban J connectivity index is 2.03. The van der Waals surface area contributed by atoms with E-state index in [2.05, 4.69) is 5.32 Å². The zero-order valence-corrected chi connectivity index (χ0v) is 13.9. The summed E-state index contributed by atoms with van der Waals surface area (Å²) in [6.07, 6.45) is -0.236. The summed E-state index contributed by atoms with van der Waals surface area (Å²) < 4.78 is 5.45. The van der Waals surface area contributed by atoms with Crippen LogP contribution in [-0.2, 0) is 4.74 Å². The molecular formula is C19H21NO5. The number of phenolic OH excluding ortho intramolecular Hbond substituents is 1. The summed E-state index contributed by atoms with van der Waals surface area (Å²) >= 11 is 0. The normalized spacial score (nSPS) is 11.6. The van der Waals surface area contributed by atoms with Gasteiger partial charge in [0, 0.05) is 17.9 Å². The lowest BCUT2D eigenvalue weighted by molar-refractivity contribution is 0.0993. The first-order chi connectivity index (χ1) is 12.0. The van der Waals surface area contributed by atoms with Crippen molar-refractivity contribution in [1.82, 2.24) is 0 Å². The molecule has 3 N–H and O–H groups in total. The van der Waals surface area contributed by atoms with Crippen molar-refractivity contribution < 1.29 is 24.5 Å². The van der Waals surface area contributed by atoms with Crippen molar-refractivity contribution in [1.29, 1.82) is 0 Å². The Labute approximate surface area is 146 Å². The molecule has 0 aliphatic heterocycles. The fourth-order valence-electron chi connectivity index (χ4n) is 2.32. The number of rotatable bonds is 7. The molecule has 0 heterocycles. The Morgan fingerprint density at radius 1 is 1.08 bits per heavy atom. The van der Waals surface area contributed by atoms with Gasteiger partial charge in [0.1, 0.15) is 11.9 Å². The van der Waals surface area contributed by atoms with Crippen molar-refractivity contribution in [3.8, 4) is 5.75 Å². The van der Waals surface area contributed by atoms with Gasteiger partial charge in [0.05, 0.1) is 0 Å². The van der Waals surface area contributed by atoms with E-state index in [1.165, 1.54) is 19.1 Å². The van der Waals surface area contributed by atoms with Crippen molar-refractivity contribution in [2.75, 3.05) is 11.9 Å². The van der Waals surface area contributed by atoms with Crippen LogP contribution < -0.4 is 5.32 Å². The molecule has 0 saturated heterocycles. The number of hydrogen-bond donors (Lipinski definition) is 3. The topological polar surface area (TPSA) is 95.9 Å². The maximum Gasteiger partial charge on any atom is 0.412 e. The zero-order valence-electron chi connectivity index (χ0n) is 13.9. The van der Waals surface area contributed by atoms with Gasteiger partial charge in [0.2, 0.25) is 0 Å². The number of Topliss-reactive ketones (excluding diaryl/α,β-unsaturated/α-hetero) is 1. The molecule has 0 saturated carbocycles. The van der Waals surface area contributed by atoms with Crippen molar-refractivity contribution in [2.45, 2.75) is 25.9 Å². The first kappa shape index (κ1) is 18.5. The Hall–Kier alpha value is -2.86. The highest BCUT2D eigenvalue weighted by Crippen LogP contribution is 2.25. The first-order valence-electron chi connectivity index (χ1n) is 7.98. The number of ether oxygens (including phenoxy) is 1. The van der Waals surface area contributed by atoms with Gasteiger partial charge in [-0.3, -0.25) is 10.1 Å². The van der Waals surface area contributed by atoms with Gasteiger partial charge in [-0.1, -0.05) is 12.1 Å². The van der Waals surface area contributed by atoms with Gasteiger partial charge in [-0.15, -0.1) is 0 Å². The largest absolute Gasteiger partial charge is 0.508 e. The highest BCUT2D eigenvalue weighted by molar-refractivity contribution is 5.94. The lowest BCUT2D eigenvalue weighted by atomic mass is 10.0. The molecule has 0 aliphatic rings. The van der Waals surface area contributed by atoms with E-state index in [0.29, 0.717) is 24.1 Å². The third-order valence-corrected chi connectivity index (χ3v) is 3.68. The highest BCUT2D eigenvalue weighted by Gasteiger charge is 2.17. The van der Waals surface area contributed by atoms with E-state index in [-0.39, 0.29) is 18.1 Å². The number of nitrogens with one attached hydrogen (secondary N) is 1. The molecule has 1 atom stereocenters. The number of anilines is 1. The van der Waals surface area contributed by atoms with Crippen LogP contribution in [-0.4, -0.2) is 28.7 Å². The lowest BCUT2D eigenvalue weighted by Crippen LogP contribution is -2.18. The molecule has 25 heavy (non-hydrogen) atoms. The van der Waals surface area contributed by atoms with Gasteiger partial charge in [-0.05, 0) is 61.7 Å². The number of aliphatic hydroxyl groups excluding tert-OH is 1. The van der Waals surface area contributed by atoms with E-state index in [4.69, 9.17) is 9.84 Å². The van der Waals surface area contributed by atoms with Crippen molar-refractivity contribution >= 4 is 17.6 Å². The number of aliphatic hydroxyl groups is 1. The van der Waals surface area contributed by atoms with Gasteiger partial charge in [0.25, 0.3) is 0 Å². The number of hydrogen-bond acceptors (Lipinski definition) is 5. The average molecular weight is 343 g/mol. The van der Waals surface area contributed by atoms with Crippen molar-refractivity contribution in [3.05, 3.63) is 59.7 Å². The summed E-state index contributed by atoms with van der Waals surface area (Å²) in [5, 5.41) is 21.0. The van der Waals surface area contributed by atoms with Crippen LogP contribution in [0.1, 0.15) is 41.8 Å². The molecule has 0 aliphatic carbocycles. The van der Waals surface area contributed by atoms with Gasteiger partial charge >= 0.3 is 6.09 Å². The maximum atomic E-state index is 12.1. The second-order valence-corrected chi connectivity index (χ2v) is 5.61. The van der Waals surface area contributed by atoms with E-state index in [1.54, 1.807) is 36.4 Å². The minimum Gasteiger partial charge on any atom is -0.508 e. The van der Waals surface area contributed by atoms with Crippen molar-refractivity contribution in [2.24, 2.45) is 0 Å². The SMILES string of the molecule is CC(=O)c1ccc(NC(=O)O[C@@H](CCCO)c2ccc(O)cc2)cc1. The van der Waals surface area contributed by atoms with Crippen LogP contribution in [0.3, 0.4) is 0 Å². The number of carbonyl (C=O) groups is 2. The molecule has 1 amide bonds. The molecule has 6 nitrogen and oxygen atoms in total. The fourth-order valence-corrected chi connectivity index (χ4v) is 2.32. The molecule has 0 unspecified atom stereocenters. The van der Waals surface area contributed by atoms with Crippen LogP contribution in [0.2, 0.25) is 0 Å². The molecule has 2 aromatic rings. The number of amides is 1. The number of phenols is 1. The fraction of sp³-hybridized carbons (Fsp3) is 0.263. The quantitative estimate of drug-likeness (QED) is 0.667. The Bertz CT molecular complexity index is 710. The summed E-state index contributed by atoms with van der Waals surface area (Å²) in [5.41, 5.74) is 1.80. The number of aromatic hydroxyl groups is 1. The minimum absolute atomic E-state index is 0.00787. The Morgan fingerprint density at radius 3 is 2.28 bits per heavy atom. The smallest absolute Gasteiger partial charge is 0.412 e. The molecule has 0 radical (unpaired) electrons. The molecule has 0 bridgehead atoms. The van der Waals surface area contributed by atoms with E-state index in [1.807, 2.05) is 0 Å². The van der Waals surface area contributed by atoms with E-state index in [0.717, 1.165) is 5.56 Å². The third kappa shape index (κ3) is 5.61. The Morgan fingerprint density at radius 2 is 1.72 bits per heavy atom. The second-order valence-electron chi connectivity index (χ2n) is 5.61. The molecular weight excluding hydrogens is 322 g/mol. The van der Waals surface area contributed by atoms with E-state index >= 15 is 0 Å². The van der Waals surface area contributed by atoms with Gasteiger partial charge in [-0.2, -0.15) is 0 Å². The lowest BCUT2D eigenvalue weighted by Gasteiger charge is -2.18.